The molecule has 1 aliphatic heterocycles. The maximum atomic E-state index is 12.1. The van der Waals surface area contributed by atoms with E-state index in [1.54, 1.807) is 12.1 Å². The van der Waals surface area contributed by atoms with Crippen molar-refractivity contribution in [3.8, 4) is 0 Å². The third-order valence-electron chi connectivity index (χ3n) is 3.56. The van der Waals surface area contributed by atoms with Gasteiger partial charge in [0.05, 0.1) is 17.7 Å². The van der Waals surface area contributed by atoms with Crippen LogP contribution in [0.5, 0.6) is 0 Å². The van der Waals surface area contributed by atoms with E-state index in [1.165, 1.54) is 12.1 Å². The SMILES string of the molecule is Cc1ccc(COCC(=O)ON2C(=O)c3ccccc3C2=O)cc1. The summed E-state index contributed by atoms with van der Waals surface area (Å²) in [7, 11) is 0. The molecule has 0 saturated carbocycles. The van der Waals surface area contributed by atoms with Gasteiger partial charge in [-0.2, -0.15) is 0 Å². The molecule has 2 amide bonds. The number of carbonyl (C=O) groups is 3. The number of fused-ring (bicyclic) bond motifs is 1. The Labute approximate surface area is 138 Å². The fraction of sp³-hybridized carbons (Fsp3) is 0.167. The molecule has 0 bridgehead atoms. The summed E-state index contributed by atoms with van der Waals surface area (Å²) in [6.45, 7) is 1.85. The highest BCUT2D eigenvalue weighted by atomic mass is 16.7. The van der Waals surface area contributed by atoms with Gasteiger partial charge in [0.25, 0.3) is 11.8 Å². The number of rotatable bonds is 5. The first kappa shape index (κ1) is 15.9. The molecular weight excluding hydrogens is 310 g/mol. The lowest BCUT2D eigenvalue weighted by Crippen LogP contribution is -2.34. The van der Waals surface area contributed by atoms with Crippen molar-refractivity contribution < 1.29 is 24.0 Å². The standard InChI is InChI=1S/C18H15NO5/c1-12-6-8-13(9-7-12)10-23-11-16(20)24-19-17(21)14-4-2-3-5-15(14)18(19)22/h2-9H,10-11H2,1H3. The fourth-order valence-electron chi connectivity index (χ4n) is 2.31. The van der Waals surface area contributed by atoms with Crippen molar-refractivity contribution in [3.05, 3.63) is 70.8 Å². The number of hydrogen-bond acceptors (Lipinski definition) is 5. The van der Waals surface area contributed by atoms with E-state index < -0.39 is 17.8 Å². The molecule has 0 fully saturated rings. The van der Waals surface area contributed by atoms with Crippen molar-refractivity contribution in [2.24, 2.45) is 0 Å². The van der Waals surface area contributed by atoms with Gasteiger partial charge in [-0.25, -0.2) is 4.79 Å². The molecule has 2 aromatic carbocycles. The molecule has 0 aliphatic carbocycles. The van der Waals surface area contributed by atoms with Crippen LogP contribution in [-0.4, -0.2) is 29.5 Å². The highest BCUT2D eigenvalue weighted by Crippen LogP contribution is 2.22. The lowest BCUT2D eigenvalue weighted by Gasteiger charge is -2.12. The summed E-state index contributed by atoms with van der Waals surface area (Å²) in [5.74, 6) is -2.11. The molecule has 24 heavy (non-hydrogen) atoms. The van der Waals surface area contributed by atoms with Gasteiger partial charge >= 0.3 is 5.97 Å². The van der Waals surface area contributed by atoms with Crippen molar-refractivity contribution in [2.45, 2.75) is 13.5 Å². The largest absolute Gasteiger partial charge is 0.365 e. The van der Waals surface area contributed by atoms with Gasteiger partial charge in [-0.15, -0.1) is 0 Å². The van der Waals surface area contributed by atoms with Gasteiger partial charge in [0.2, 0.25) is 0 Å². The molecule has 0 spiro atoms. The zero-order valence-electron chi connectivity index (χ0n) is 13.0. The third-order valence-corrected chi connectivity index (χ3v) is 3.56. The van der Waals surface area contributed by atoms with E-state index in [9.17, 15) is 14.4 Å². The Kier molecular flexibility index (Phi) is 4.39. The van der Waals surface area contributed by atoms with Crippen LogP contribution in [0, 0.1) is 6.92 Å². The Morgan fingerprint density at radius 3 is 2.12 bits per heavy atom. The second-order valence-corrected chi connectivity index (χ2v) is 5.39. The molecule has 1 heterocycles. The molecule has 6 heteroatoms. The Balaban J connectivity index is 1.53. The monoisotopic (exact) mass is 325 g/mol. The van der Waals surface area contributed by atoms with Gasteiger partial charge in [0.15, 0.2) is 0 Å². The van der Waals surface area contributed by atoms with E-state index in [2.05, 4.69) is 0 Å². The van der Waals surface area contributed by atoms with E-state index in [0.29, 0.717) is 5.06 Å². The van der Waals surface area contributed by atoms with Gasteiger partial charge in [-0.1, -0.05) is 47.0 Å². The molecular formula is C18H15NO5. The van der Waals surface area contributed by atoms with Crippen molar-refractivity contribution in [1.29, 1.82) is 0 Å². The quantitative estimate of drug-likeness (QED) is 0.789. The molecule has 122 valence electrons. The molecule has 0 N–H and O–H groups in total. The molecule has 6 nitrogen and oxygen atoms in total. The van der Waals surface area contributed by atoms with Gasteiger partial charge < -0.3 is 9.57 Å². The number of benzene rings is 2. The number of amides is 2. The summed E-state index contributed by atoms with van der Waals surface area (Å²) in [6, 6.07) is 14.0. The first-order valence-corrected chi connectivity index (χ1v) is 7.38. The van der Waals surface area contributed by atoms with Crippen LogP contribution in [0.2, 0.25) is 0 Å². The molecule has 0 radical (unpaired) electrons. The minimum atomic E-state index is -0.809. The molecule has 1 aliphatic rings. The lowest BCUT2D eigenvalue weighted by molar-refractivity contribution is -0.174. The first-order valence-electron chi connectivity index (χ1n) is 7.38. The summed E-state index contributed by atoms with van der Waals surface area (Å²) < 4.78 is 5.26. The highest BCUT2D eigenvalue weighted by molar-refractivity contribution is 6.20. The first-order chi connectivity index (χ1) is 11.6. The number of ether oxygens (including phenoxy) is 1. The fourth-order valence-corrected chi connectivity index (χ4v) is 2.31. The average molecular weight is 325 g/mol. The van der Waals surface area contributed by atoms with Crippen LogP contribution in [0.4, 0.5) is 0 Å². The zero-order chi connectivity index (χ0) is 17.1. The maximum Gasteiger partial charge on any atom is 0.358 e. The Hall–Kier alpha value is -2.99. The van der Waals surface area contributed by atoms with Crippen LogP contribution in [0.3, 0.4) is 0 Å². The average Bonchev–Trinajstić information content (AvgIpc) is 2.82. The maximum absolute atomic E-state index is 12.1. The zero-order valence-corrected chi connectivity index (χ0v) is 13.0. The number of hydroxylamine groups is 2. The van der Waals surface area contributed by atoms with Crippen molar-refractivity contribution in [3.63, 3.8) is 0 Å². The van der Waals surface area contributed by atoms with Gasteiger partial charge in [0, 0.05) is 0 Å². The minimum absolute atomic E-state index is 0.218. The topological polar surface area (TPSA) is 72.9 Å². The van der Waals surface area contributed by atoms with Crippen molar-refractivity contribution in [2.75, 3.05) is 6.61 Å². The van der Waals surface area contributed by atoms with Crippen molar-refractivity contribution in [1.82, 2.24) is 5.06 Å². The number of nitrogens with zero attached hydrogens (tertiary/aromatic N) is 1. The van der Waals surface area contributed by atoms with Gasteiger partial charge in [-0.3, -0.25) is 9.59 Å². The summed E-state index contributed by atoms with van der Waals surface area (Å²) in [5.41, 5.74) is 2.48. The molecule has 3 rings (SSSR count). The van der Waals surface area contributed by atoms with E-state index in [4.69, 9.17) is 9.57 Å². The van der Waals surface area contributed by atoms with E-state index >= 15 is 0 Å². The summed E-state index contributed by atoms with van der Waals surface area (Å²) >= 11 is 0. The van der Waals surface area contributed by atoms with E-state index in [0.717, 1.165) is 11.1 Å². The third kappa shape index (κ3) is 3.18. The van der Waals surface area contributed by atoms with Crippen LogP contribution in [-0.2, 0) is 21.0 Å². The molecule has 0 atom stereocenters. The van der Waals surface area contributed by atoms with Gasteiger partial charge in [-0.05, 0) is 24.6 Å². The number of aryl methyl sites for hydroxylation is 1. The molecule has 0 saturated heterocycles. The van der Waals surface area contributed by atoms with Crippen LogP contribution in [0.25, 0.3) is 0 Å². The smallest absolute Gasteiger partial charge is 0.358 e. The van der Waals surface area contributed by atoms with Crippen LogP contribution in [0.15, 0.2) is 48.5 Å². The second-order valence-electron chi connectivity index (χ2n) is 5.39. The number of carbonyl (C=O) groups excluding carboxylic acids is 3. The molecule has 0 unspecified atom stereocenters. The van der Waals surface area contributed by atoms with E-state index in [-0.39, 0.29) is 24.3 Å². The summed E-state index contributed by atoms with van der Waals surface area (Å²) in [5, 5.41) is 0.474. The van der Waals surface area contributed by atoms with Crippen LogP contribution in [0.1, 0.15) is 31.8 Å². The Morgan fingerprint density at radius 2 is 1.54 bits per heavy atom. The highest BCUT2D eigenvalue weighted by Gasteiger charge is 2.38. The normalized spacial score (nSPS) is 13.1. The van der Waals surface area contributed by atoms with Crippen LogP contribution >= 0.6 is 0 Å². The molecule has 0 aromatic heterocycles. The van der Waals surface area contributed by atoms with Crippen LogP contribution < -0.4 is 0 Å². The minimum Gasteiger partial charge on any atom is -0.365 e. The number of imide groups is 1. The Bertz CT molecular complexity index is 762. The Morgan fingerprint density at radius 1 is 0.958 bits per heavy atom. The summed E-state index contributed by atoms with van der Waals surface area (Å²) in [6.07, 6.45) is 0. The lowest BCUT2D eigenvalue weighted by atomic mass is 10.1. The predicted octanol–water partition coefficient (Wildman–Crippen LogP) is 2.27. The van der Waals surface area contributed by atoms with Gasteiger partial charge in [0.1, 0.15) is 6.61 Å². The predicted molar refractivity (Wildman–Crippen MR) is 83.9 cm³/mol. The molecule has 2 aromatic rings. The second kappa shape index (κ2) is 6.64. The van der Waals surface area contributed by atoms with E-state index in [1.807, 2.05) is 31.2 Å². The number of hydrogen-bond donors (Lipinski definition) is 0. The summed E-state index contributed by atoms with van der Waals surface area (Å²) in [4.78, 5) is 40.8. The van der Waals surface area contributed by atoms with Crippen molar-refractivity contribution >= 4 is 17.8 Å².